The molecular formula is C14H12N4O8S. The van der Waals surface area contributed by atoms with Crippen LogP contribution in [0.1, 0.15) is 5.56 Å². The third-order valence-electron chi connectivity index (χ3n) is 3.22. The molecule has 2 aromatic carbocycles. The molecule has 2 rings (SSSR count). The highest BCUT2D eigenvalue weighted by atomic mass is 32.2. The highest BCUT2D eigenvalue weighted by molar-refractivity contribution is 7.89. The second kappa shape index (κ2) is 7.65. The maximum absolute atomic E-state index is 12.1. The molecule has 0 bridgehead atoms. The van der Waals surface area contributed by atoms with Crippen molar-refractivity contribution in [2.24, 2.45) is 5.10 Å². The smallest absolute Gasteiger partial charge is 0.315 e. The van der Waals surface area contributed by atoms with Crippen molar-refractivity contribution in [1.82, 2.24) is 4.83 Å². The van der Waals surface area contributed by atoms with E-state index in [1.165, 1.54) is 19.2 Å². The summed E-state index contributed by atoms with van der Waals surface area (Å²) in [7, 11) is -3.02. The summed E-state index contributed by atoms with van der Waals surface area (Å²) in [5.74, 6) is -0.885. The van der Waals surface area contributed by atoms with Gasteiger partial charge in [-0.3, -0.25) is 20.2 Å². The van der Waals surface area contributed by atoms with E-state index in [1.54, 1.807) is 0 Å². The van der Waals surface area contributed by atoms with E-state index >= 15 is 0 Å². The van der Waals surface area contributed by atoms with Crippen LogP contribution in [0, 0.1) is 20.2 Å². The minimum Gasteiger partial charge on any atom is -0.500 e. The fraction of sp³-hybridized carbons (Fsp3) is 0.0714. The molecule has 0 heterocycles. The molecule has 0 aliphatic carbocycles. The van der Waals surface area contributed by atoms with Gasteiger partial charge in [0.2, 0.25) is 5.75 Å². The first-order valence-corrected chi connectivity index (χ1v) is 8.48. The Morgan fingerprint density at radius 2 is 1.89 bits per heavy atom. The molecule has 142 valence electrons. The molecule has 0 aromatic heterocycles. The van der Waals surface area contributed by atoms with E-state index in [0.717, 1.165) is 30.5 Å². The van der Waals surface area contributed by atoms with Crippen LogP contribution >= 0.6 is 0 Å². The normalized spacial score (nSPS) is 11.3. The number of ether oxygens (including phenoxy) is 1. The van der Waals surface area contributed by atoms with Gasteiger partial charge in [-0.2, -0.15) is 13.5 Å². The van der Waals surface area contributed by atoms with E-state index < -0.39 is 37.0 Å². The molecule has 0 aliphatic rings. The molecule has 0 atom stereocenters. The summed E-state index contributed by atoms with van der Waals surface area (Å²) < 4.78 is 29.1. The highest BCUT2D eigenvalue weighted by Crippen LogP contribution is 2.36. The number of nitro benzene ring substituents is 2. The summed E-state index contributed by atoms with van der Waals surface area (Å²) in [5.41, 5.74) is -1.00. The maximum atomic E-state index is 12.1. The van der Waals surface area contributed by atoms with E-state index in [-0.39, 0.29) is 16.2 Å². The molecule has 0 amide bonds. The highest BCUT2D eigenvalue weighted by Gasteiger charge is 2.20. The Bertz CT molecular complexity index is 1040. The van der Waals surface area contributed by atoms with Gasteiger partial charge in [-0.1, -0.05) is 6.07 Å². The molecule has 0 spiro atoms. The van der Waals surface area contributed by atoms with Crippen molar-refractivity contribution in [3.63, 3.8) is 0 Å². The Labute approximate surface area is 152 Å². The Morgan fingerprint density at radius 3 is 2.48 bits per heavy atom. The molecule has 0 radical (unpaired) electrons. The number of sulfonamides is 1. The number of hydrazone groups is 1. The van der Waals surface area contributed by atoms with Crippen LogP contribution in [0.4, 0.5) is 11.4 Å². The number of phenols is 1. The van der Waals surface area contributed by atoms with E-state index in [2.05, 4.69) is 5.10 Å². The van der Waals surface area contributed by atoms with Gasteiger partial charge in [0.05, 0.1) is 28.1 Å². The van der Waals surface area contributed by atoms with Crippen LogP contribution in [0.5, 0.6) is 11.5 Å². The van der Waals surface area contributed by atoms with Crippen LogP contribution in [0.15, 0.2) is 46.4 Å². The third kappa shape index (κ3) is 4.46. The van der Waals surface area contributed by atoms with Gasteiger partial charge in [0.15, 0.2) is 5.75 Å². The molecule has 0 saturated carbocycles. The molecule has 0 fully saturated rings. The minimum absolute atomic E-state index is 0.0677. The number of hydrogen-bond acceptors (Lipinski definition) is 9. The summed E-state index contributed by atoms with van der Waals surface area (Å²) in [5, 5.41) is 34.8. The number of methoxy groups -OCH3 is 1. The van der Waals surface area contributed by atoms with Gasteiger partial charge < -0.3 is 9.84 Å². The Hall–Kier alpha value is -3.74. The number of phenolic OH excluding ortho intramolecular Hbond substituents is 1. The van der Waals surface area contributed by atoms with E-state index in [1.807, 2.05) is 4.83 Å². The van der Waals surface area contributed by atoms with E-state index in [9.17, 15) is 33.8 Å². The standard InChI is InChI=1S/C14H12N4O8S/c1-26-13-6-9(5-12(14(13)19)18(22)23)8-15-16-27(24,25)11-4-2-3-10(7-11)17(20)21/h2-8,16,19H,1H3/b15-8+. The Balaban J connectivity index is 2.29. The summed E-state index contributed by atoms with van der Waals surface area (Å²) in [6.07, 6.45) is 0.948. The Kier molecular flexibility index (Phi) is 5.55. The second-order valence-electron chi connectivity index (χ2n) is 4.96. The van der Waals surface area contributed by atoms with Crippen molar-refractivity contribution >= 4 is 27.6 Å². The van der Waals surface area contributed by atoms with Gasteiger partial charge in [-0.25, -0.2) is 4.83 Å². The minimum atomic E-state index is -4.20. The van der Waals surface area contributed by atoms with Crippen LogP contribution in [0.2, 0.25) is 0 Å². The summed E-state index contributed by atoms with van der Waals surface area (Å²) >= 11 is 0. The predicted molar refractivity (Wildman–Crippen MR) is 92.3 cm³/mol. The molecule has 0 unspecified atom stereocenters. The van der Waals surface area contributed by atoms with Crippen molar-refractivity contribution in [3.05, 3.63) is 62.2 Å². The lowest BCUT2D eigenvalue weighted by atomic mass is 10.2. The maximum Gasteiger partial charge on any atom is 0.315 e. The van der Waals surface area contributed by atoms with Crippen molar-refractivity contribution in [2.75, 3.05) is 7.11 Å². The van der Waals surface area contributed by atoms with Gasteiger partial charge >= 0.3 is 5.69 Å². The predicted octanol–water partition coefficient (Wildman–Crippen LogP) is 1.53. The molecule has 27 heavy (non-hydrogen) atoms. The lowest BCUT2D eigenvalue weighted by Gasteiger charge is -2.05. The summed E-state index contributed by atoms with van der Waals surface area (Å²) in [4.78, 5) is 21.5. The van der Waals surface area contributed by atoms with Gasteiger partial charge in [0.1, 0.15) is 0 Å². The lowest BCUT2D eigenvalue weighted by molar-refractivity contribution is -0.386. The molecule has 2 aromatic rings. The van der Waals surface area contributed by atoms with Gasteiger partial charge in [-0.15, -0.1) is 0 Å². The monoisotopic (exact) mass is 396 g/mol. The van der Waals surface area contributed by atoms with Crippen LogP contribution in [0.25, 0.3) is 0 Å². The molecular weight excluding hydrogens is 384 g/mol. The first kappa shape index (κ1) is 19.6. The first-order chi connectivity index (χ1) is 12.7. The SMILES string of the molecule is COc1cc(/C=N/NS(=O)(=O)c2cccc([N+](=O)[O-])c2)cc([N+](=O)[O-])c1O. The number of hydrogen-bond donors (Lipinski definition) is 2. The second-order valence-corrected chi connectivity index (χ2v) is 6.62. The van der Waals surface area contributed by atoms with E-state index in [0.29, 0.717) is 0 Å². The van der Waals surface area contributed by atoms with Gasteiger partial charge in [0.25, 0.3) is 15.7 Å². The number of benzene rings is 2. The first-order valence-electron chi connectivity index (χ1n) is 7.00. The summed E-state index contributed by atoms with van der Waals surface area (Å²) in [6, 6.07) is 6.48. The van der Waals surface area contributed by atoms with Gasteiger partial charge in [0, 0.05) is 23.8 Å². The quantitative estimate of drug-likeness (QED) is 0.402. The van der Waals surface area contributed by atoms with Crippen molar-refractivity contribution in [3.8, 4) is 11.5 Å². The average molecular weight is 396 g/mol. The molecule has 12 nitrogen and oxygen atoms in total. The number of rotatable bonds is 7. The lowest BCUT2D eigenvalue weighted by Crippen LogP contribution is -2.18. The van der Waals surface area contributed by atoms with Crippen LogP contribution in [-0.2, 0) is 10.0 Å². The van der Waals surface area contributed by atoms with Crippen molar-refractivity contribution in [2.45, 2.75) is 4.90 Å². The van der Waals surface area contributed by atoms with Crippen molar-refractivity contribution in [1.29, 1.82) is 0 Å². The zero-order chi connectivity index (χ0) is 20.2. The average Bonchev–Trinajstić information content (AvgIpc) is 2.62. The van der Waals surface area contributed by atoms with Crippen LogP contribution in [0.3, 0.4) is 0 Å². The fourth-order valence-corrected chi connectivity index (χ4v) is 2.80. The van der Waals surface area contributed by atoms with Crippen LogP contribution < -0.4 is 9.57 Å². The van der Waals surface area contributed by atoms with Crippen LogP contribution in [-0.4, -0.2) is 36.7 Å². The zero-order valence-electron chi connectivity index (χ0n) is 13.6. The number of nitrogens with zero attached hydrogens (tertiary/aromatic N) is 3. The molecule has 0 aliphatic heterocycles. The molecule has 2 N–H and O–H groups in total. The summed E-state index contributed by atoms with van der Waals surface area (Å²) in [6.45, 7) is 0. The third-order valence-corrected chi connectivity index (χ3v) is 4.44. The number of non-ortho nitro benzene ring substituents is 1. The number of nitro groups is 2. The topological polar surface area (TPSA) is 174 Å². The molecule has 0 saturated heterocycles. The van der Waals surface area contributed by atoms with Gasteiger partial charge in [-0.05, 0) is 12.1 Å². The van der Waals surface area contributed by atoms with Crippen molar-refractivity contribution < 1.29 is 28.1 Å². The number of nitrogens with one attached hydrogen (secondary N) is 1. The van der Waals surface area contributed by atoms with E-state index in [4.69, 9.17) is 4.74 Å². The number of aromatic hydroxyl groups is 1. The Morgan fingerprint density at radius 1 is 1.19 bits per heavy atom. The largest absolute Gasteiger partial charge is 0.500 e. The fourth-order valence-electron chi connectivity index (χ4n) is 1.97. The zero-order valence-corrected chi connectivity index (χ0v) is 14.4. The molecule has 13 heteroatoms.